The van der Waals surface area contributed by atoms with Gasteiger partial charge in [0.25, 0.3) is 0 Å². The molecular formula is C21H24FNO5S. The van der Waals surface area contributed by atoms with Crippen LogP contribution >= 0.6 is 0 Å². The molecule has 0 aliphatic rings. The zero-order chi connectivity index (χ0) is 21.4. The number of methoxy groups -OCH3 is 1. The first-order valence-corrected chi connectivity index (χ1v) is 10.9. The molecule has 0 bridgehead atoms. The summed E-state index contributed by atoms with van der Waals surface area (Å²) in [6.45, 7) is 2.66. The number of nitrogens with one attached hydrogen (secondary N) is 1. The Morgan fingerprint density at radius 2 is 1.93 bits per heavy atom. The fourth-order valence-electron chi connectivity index (χ4n) is 2.41. The average molecular weight is 421 g/mol. The average Bonchev–Trinajstić information content (AvgIpc) is 2.68. The molecule has 2 aromatic carbocycles. The summed E-state index contributed by atoms with van der Waals surface area (Å²) in [7, 11) is -1.99. The molecular weight excluding hydrogens is 397 g/mol. The van der Waals surface area contributed by atoms with E-state index in [0.29, 0.717) is 23.7 Å². The van der Waals surface area contributed by atoms with Gasteiger partial charge in [-0.05, 0) is 48.4 Å². The first-order valence-electron chi connectivity index (χ1n) is 9.04. The summed E-state index contributed by atoms with van der Waals surface area (Å²) in [5, 5.41) is 2.35. The molecule has 29 heavy (non-hydrogen) atoms. The molecule has 0 atom stereocenters. The topological polar surface area (TPSA) is 81.7 Å². The van der Waals surface area contributed by atoms with E-state index in [4.69, 9.17) is 9.47 Å². The summed E-state index contributed by atoms with van der Waals surface area (Å²) in [6.07, 6.45) is 5.72. The summed E-state index contributed by atoms with van der Waals surface area (Å²) < 4.78 is 48.0. The number of hydrogen-bond donors (Lipinski definition) is 1. The predicted octanol–water partition coefficient (Wildman–Crippen LogP) is 4.07. The predicted molar refractivity (Wildman–Crippen MR) is 111 cm³/mol. The Balaban J connectivity index is 2.11. The quantitative estimate of drug-likeness (QED) is 0.375. The number of amides is 1. The maximum atomic E-state index is 13.9. The molecule has 0 heterocycles. The van der Waals surface area contributed by atoms with Crippen LogP contribution in [0.2, 0.25) is 0 Å². The molecule has 0 radical (unpaired) electrons. The molecule has 2 aromatic rings. The smallest absolute Gasteiger partial charge is 0.248 e. The second kappa shape index (κ2) is 10.1. The Morgan fingerprint density at radius 3 is 2.59 bits per heavy atom. The molecule has 1 amide bonds. The molecule has 0 saturated heterocycles. The summed E-state index contributed by atoms with van der Waals surface area (Å²) in [4.78, 5) is 12.0. The van der Waals surface area contributed by atoms with Gasteiger partial charge in [-0.25, -0.2) is 12.8 Å². The number of carbonyl (C=O) groups excluding carboxylic acids is 1. The van der Waals surface area contributed by atoms with Crippen molar-refractivity contribution in [1.29, 1.82) is 0 Å². The minimum Gasteiger partial charge on any atom is -0.493 e. The van der Waals surface area contributed by atoms with Crippen molar-refractivity contribution in [3.05, 3.63) is 53.9 Å². The van der Waals surface area contributed by atoms with Crippen LogP contribution in [-0.2, 0) is 14.6 Å². The van der Waals surface area contributed by atoms with E-state index < -0.39 is 21.6 Å². The second-order valence-electron chi connectivity index (χ2n) is 6.35. The number of unbranched alkanes of at least 4 members (excludes halogenated alkanes) is 1. The minimum atomic E-state index is -3.52. The maximum absolute atomic E-state index is 13.9. The Kier molecular flexibility index (Phi) is 7.78. The van der Waals surface area contributed by atoms with E-state index in [2.05, 4.69) is 12.2 Å². The van der Waals surface area contributed by atoms with E-state index in [9.17, 15) is 17.6 Å². The number of sulfone groups is 1. The van der Waals surface area contributed by atoms with Crippen LogP contribution in [0, 0.1) is 5.82 Å². The second-order valence-corrected chi connectivity index (χ2v) is 8.36. The fraction of sp³-hybridized carbons (Fsp3) is 0.286. The van der Waals surface area contributed by atoms with E-state index >= 15 is 0 Å². The lowest BCUT2D eigenvalue weighted by atomic mass is 10.2. The number of halogens is 1. The zero-order valence-corrected chi connectivity index (χ0v) is 17.4. The van der Waals surface area contributed by atoms with Crippen molar-refractivity contribution >= 4 is 27.5 Å². The highest BCUT2D eigenvalue weighted by molar-refractivity contribution is 7.90. The molecule has 156 valence electrons. The Labute approximate surface area is 170 Å². The molecule has 0 fully saturated rings. The van der Waals surface area contributed by atoms with Crippen molar-refractivity contribution in [3.63, 3.8) is 0 Å². The van der Waals surface area contributed by atoms with Crippen molar-refractivity contribution in [3.8, 4) is 11.5 Å². The molecule has 1 N–H and O–H groups in total. The lowest BCUT2D eigenvalue weighted by Crippen LogP contribution is -2.10. The summed E-state index contributed by atoms with van der Waals surface area (Å²) >= 11 is 0. The van der Waals surface area contributed by atoms with Crippen LogP contribution in [0.15, 0.2) is 47.4 Å². The van der Waals surface area contributed by atoms with Gasteiger partial charge in [0.2, 0.25) is 5.91 Å². The SMILES string of the molecule is CCCCOc1ccc(/C=C/C(=O)Nc2cc(S(C)(=O)=O)ccc2F)cc1OC. The molecule has 0 saturated carbocycles. The van der Waals surface area contributed by atoms with Crippen molar-refractivity contribution in [2.45, 2.75) is 24.7 Å². The molecule has 0 aromatic heterocycles. The van der Waals surface area contributed by atoms with Crippen LogP contribution in [0.1, 0.15) is 25.3 Å². The van der Waals surface area contributed by atoms with Gasteiger partial charge in [0.1, 0.15) is 5.82 Å². The highest BCUT2D eigenvalue weighted by Crippen LogP contribution is 2.29. The van der Waals surface area contributed by atoms with E-state index in [1.54, 1.807) is 18.2 Å². The van der Waals surface area contributed by atoms with Gasteiger partial charge < -0.3 is 14.8 Å². The summed E-state index contributed by atoms with van der Waals surface area (Å²) in [6, 6.07) is 8.46. The Morgan fingerprint density at radius 1 is 1.17 bits per heavy atom. The third-order valence-electron chi connectivity index (χ3n) is 3.99. The van der Waals surface area contributed by atoms with Gasteiger partial charge in [0, 0.05) is 12.3 Å². The molecule has 8 heteroatoms. The number of rotatable bonds is 9. The van der Waals surface area contributed by atoms with Gasteiger partial charge in [-0.2, -0.15) is 0 Å². The molecule has 0 aliphatic heterocycles. The molecule has 0 unspecified atom stereocenters. The number of hydrogen-bond acceptors (Lipinski definition) is 5. The van der Waals surface area contributed by atoms with Crippen molar-refractivity contribution in [2.24, 2.45) is 0 Å². The van der Waals surface area contributed by atoms with Crippen LogP contribution < -0.4 is 14.8 Å². The van der Waals surface area contributed by atoms with Crippen molar-refractivity contribution in [1.82, 2.24) is 0 Å². The monoisotopic (exact) mass is 421 g/mol. The lowest BCUT2D eigenvalue weighted by molar-refractivity contribution is -0.111. The van der Waals surface area contributed by atoms with E-state index in [0.717, 1.165) is 37.3 Å². The van der Waals surface area contributed by atoms with E-state index in [1.807, 2.05) is 0 Å². The third-order valence-corrected chi connectivity index (χ3v) is 5.10. The van der Waals surface area contributed by atoms with Crippen LogP contribution in [0.3, 0.4) is 0 Å². The number of carbonyl (C=O) groups is 1. The molecule has 0 spiro atoms. The van der Waals surface area contributed by atoms with Gasteiger partial charge >= 0.3 is 0 Å². The van der Waals surface area contributed by atoms with Gasteiger partial charge in [-0.3, -0.25) is 4.79 Å². The molecule has 0 aliphatic carbocycles. The summed E-state index contributed by atoms with van der Waals surface area (Å²) in [5.74, 6) is -0.177. The van der Waals surface area contributed by atoms with Gasteiger partial charge in [-0.15, -0.1) is 0 Å². The number of benzene rings is 2. The van der Waals surface area contributed by atoms with Crippen molar-refractivity contribution in [2.75, 3.05) is 25.3 Å². The standard InChI is InChI=1S/C21H24FNO5S/c1-4-5-12-28-19-10-6-15(13-20(19)27-2)7-11-21(24)23-18-14-16(29(3,25)26)8-9-17(18)22/h6-11,13-14H,4-5,12H2,1-3H3,(H,23,24)/b11-7+. The van der Waals surface area contributed by atoms with Gasteiger partial charge in [0.05, 0.1) is 24.3 Å². The van der Waals surface area contributed by atoms with Crippen LogP contribution in [0.25, 0.3) is 6.08 Å². The lowest BCUT2D eigenvalue weighted by Gasteiger charge is -2.11. The number of ether oxygens (including phenoxy) is 2. The normalized spacial score (nSPS) is 11.4. The molecule has 2 rings (SSSR count). The van der Waals surface area contributed by atoms with E-state index in [-0.39, 0.29) is 10.6 Å². The van der Waals surface area contributed by atoms with Crippen LogP contribution in [0.5, 0.6) is 11.5 Å². The largest absolute Gasteiger partial charge is 0.493 e. The van der Waals surface area contributed by atoms with Crippen LogP contribution in [0.4, 0.5) is 10.1 Å². The van der Waals surface area contributed by atoms with Crippen LogP contribution in [-0.4, -0.2) is 34.3 Å². The number of anilines is 1. The third kappa shape index (κ3) is 6.60. The first kappa shape index (κ1) is 22.4. The Hall–Kier alpha value is -2.87. The Bertz CT molecular complexity index is 1000. The van der Waals surface area contributed by atoms with Gasteiger partial charge in [0.15, 0.2) is 21.3 Å². The van der Waals surface area contributed by atoms with Gasteiger partial charge in [-0.1, -0.05) is 19.4 Å². The highest BCUT2D eigenvalue weighted by atomic mass is 32.2. The van der Waals surface area contributed by atoms with E-state index in [1.165, 1.54) is 19.3 Å². The fourth-order valence-corrected chi connectivity index (χ4v) is 3.06. The first-order chi connectivity index (χ1) is 13.7. The molecule has 6 nitrogen and oxygen atoms in total. The minimum absolute atomic E-state index is 0.0819. The zero-order valence-electron chi connectivity index (χ0n) is 16.6. The summed E-state index contributed by atoms with van der Waals surface area (Å²) in [5.41, 5.74) is 0.477. The maximum Gasteiger partial charge on any atom is 0.248 e. The van der Waals surface area contributed by atoms with Crippen molar-refractivity contribution < 1.29 is 27.1 Å². The highest BCUT2D eigenvalue weighted by Gasteiger charge is 2.12.